The Bertz CT molecular complexity index is 672. The Morgan fingerprint density at radius 1 is 0.344 bits per heavy atom. The maximum absolute atomic E-state index is 8.66. The van der Waals surface area contributed by atoms with Crippen molar-refractivity contribution in [1.29, 1.82) is 0 Å². The van der Waals surface area contributed by atoms with E-state index in [4.69, 9.17) is 13.5 Å². The zero-order valence-electron chi connectivity index (χ0n) is 42.7. The number of allylic oxidation sites excluding steroid dienone is 6. The molecule has 0 spiro atoms. The van der Waals surface area contributed by atoms with Gasteiger partial charge in [0.2, 0.25) is 0 Å². The third kappa shape index (κ3) is 95.1. The fourth-order valence-electron chi connectivity index (χ4n) is 6.85. The second kappa shape index (κ2) is 76.9. The molecule has 61 heavy (non-hydrogen) atoms. The molecule has 0 saturated carbocycles. The summed E-state index contributed by atoms with van der Waals surface area (Å²) in [6.45, 7) is 18.4. The van der Waals surface area contributed by atoms with Gasteiger partial charge in [-0.1, -0.05) is 231 Å². The van der Waals surface area contributed by atoms with Crippen LogP contribution in [-0.2, 0) is 23.7 Å². The summed E-state index contributed by atoms with van der Waals surface area (Å²) in [7, 11) is 0. The minimum absolute atomic E-state index is 0.167. The van der Waals surface area contributed by atoms with Crippen LogP contribution in [0, 0.1) is 13.8 Å². The van der Waals surface area contributed by atoms with Crippen LogP contribution in [0.1, 0.15) is 304 Å². The van der Waals surface area contributed by atoms with E-state index in [1.54, 1.807) is 13.8 Å². The molecule has 0 aromatic heterocycles. The van der Waals surface area contributed by atoms with Crippen molar-refractivity contribution in [2.45, 2.75) is 310 Å². The van der Waals surface area contributed by atoms with E-state index in [1.807, 2.05) is 0 Å². The molecule has 0 unspecified atom stereocenters. The van der Waals surface area contributed by atoms with Crippen LogP contribution in [0.5, 0.6) is 0 Å². The molecule has 0 aliphatic heterocycles. The molecular formula is C57H114O3Ti. The molecule has 0 saturated heterocycles. The van der Waals surface area contributed by atoms with Gasteiger partial charge in [0.15, 0.2) is 0 Å². The molecule has 0 amide bonds. The zero-order valence-corrected chi connectivity index (χ0v) is 44.2. The van der Waals surface area contributed by atoms with E-state index in [1.165, 1.54) is 250 Å². The number of hydrogen-bond acceptors (Lipinski definition) is 3. The molecular weight excluding hydrogens is 780 g/mol. The summed E-state index contributed by atoms with van der Waals surface area (Å²) in [6.07, 6.45) is 70.7. The first-order valence-corrected chi connectivity index (χ1v) is 27.6. The Balaban J connectivity index is -0.000000241. The van der Waals surface area contributed by atoms with Gasteiger partial charge in [0, 0.05) is 12.7 Å². The van der Waals surface area contributed by atoms with Gasteiger partial charge in [-0.25, -0.2) is 0 Å². The van der Waals surface area contributed by atoms with Crippen LogP contribution in [0.2, 0.25) is 0 Å². The van der Waals surface area contributed by atoms with E-state index in [-0.39, 0.29) is 6.10 Å². The molecule has 0 aliphatic rings. The van der Waals surface area contributed by atoms with E-state index in [9.17, 15) is 0 Å². The monoisotopic (exact) mass is 895 g/mol. The summed E-state index contributed by atoms with van der Waals surface area (Å²) in [4.78, 5) is 0. The average molecular weight is 895 g/mol. The molecule has 0 aliphatic carbocycles. The summed E-state index contributed by atoms with van der Waals surface area (Å²) in [6, 6.07) is 0. The van der Waals surface area contributed by atoms with Crippen LogP contribution in [0.25, 0.3) is 0 Å². The van der Waals surface area contributed by atoms with Crippen molar-refractivity contribution in [2.24, 2.45) is 0 Å². The van der Waals surface area contributed by atoms with Crippen LogP contribution >= 0.6 is 0 Å². The fourth-order valence-corrected chi connectivity index (χ4v) is 6.85. The van der Waals surface area contributed by atoms with Crippen molar-refractivity contribution in [2.75, 3.05) is 6.61 Å². The number of rotatable bonds is 43. The standard InChI is InChI=1S/C18H36O.2C18H35.C3H8O.O.Ti/c1-2-3-4-5-6-7-8-9-10-11-12-13-14-15-16-17-18-19;2*1-3-5-7-9-11-13-15-17-18-16-14-12-10-8-6-4-2;1-3(2)4;;/h9-10,19H,2-8,11-18H2,1H3;2*17-18H,1,3-16H2,2H3;3-4H,1-2H3;;/q;2*-1;;;+2/b10-9-;2*18-17-;;;. The van der Waals surface area contributed by atoms with Gasteiger partial charge in [-0.3, -0.25) is 0 Å². The second-order valence-corrected chi connectivity index (χ2v) is 17.6. The van der Waals surface area contributed by atoms with E-state index in [2.05, 4.69) is 71.1 Å². The first kappa shape index (κ1) is 69.7. The molecule has 0 aromatic rings. The molecule has 0 radical (unpaired) electrons. The molecule has 0 bridgehead atoms. The van der Waals surface area contributed by atoms with E-state index >= 15 is 0 Å². The maximum atomic E-state index is 8.66. The average Bonchev–Trinajstić information content (AvgIpc) is 3.26. The first-order chi connectivity index (χ1) is 30.0. The summed E-state index contributed by atoms with van der Waals surface area (Å²) in [5, 5.41) is 16.7. The van der Waals surface area contributed by atoms with Crippen molar-refractivity contribution in [3.05, 3.63) is 50.3 Å². The molecule has 0 fully saturated rings. The summed E-state index contributed by atoms with van der Waals surface area (Å²) in [5.74, 6) is 0. The molecule has 0 heterocycles. The first-order valence-electron chi connectivity index (χ1n) is 27.0. The Hall–Kier alpha value is -0.346. The minimum atomic E-state index is -0.167. The van der Waals surface area contributed by atoms with Crippen LogP contribution in [-0.4, -0.2) is 22.9 Å². The fraction of sp³-hybridized carbons (Fsp3) is 0.860. The second-order valence-electron chi connectivity index (χ2n) is 17.6. The Morgan fingerprint density at radius 3 is 0.689 bits per heavy atom. The molecule has 0 rings (SSSR count). The van der Waals surface area contributed by atoms with Crippen LogP contribution < -0.4 is 0 Å². The van der Waals surface area contributed by atoms with Gasteiger partial charge in [0.05, 0.1) is 0 Å². The van der Waals surface area contributed by atoms with Crippen LogP contribution in [0.15, 0.2) is 36.5 Å². The van der Waals surface area contributed by atoms with Crippen molar-refractivity contribution in [3.63, 3.8) is 0 Å². The number of hydrogen-bond donors (Lipinski definition) is 2. The molecule has 364 valence electrons. The third-order valence-corrected chi connectivity index (χ3v) is 10.7. The molecule has 4 heteroatoms. The Labute approximate surface area is 399 Å². The molecule has 0 aromatic carbocycles. The van der Waals surface area contributed by atoms with Gasteiger partial charge in [0.25, 0.3) is 0 Å². The predicted molar refractivity (Wildman–Crippen MR) is 274 cm³/mol. The van der Waals surface area contributed by atoms with E-state index in [0.29, 0.717) is 6.61 Å². The van der Waals surface area contributed by atoms with Crippen LogP contribution in [0.4, 0.5) is 0 Å². The van der Waals surface area contributed by atoms with Crippen molar-refractivity contribution in [3.8, 4) is 0 Å². The van der Waals surface area contributed by atoms with Crippen molar-refractivity contribution in [1.82, 2.24) is 0 Å². The van der Waals surface area contributed by atoms with Crippen molar-refractivity contribution >= 4 is 0 Å². The molecule has 3 nitrogen and oxygen atoms in total. The zero-order chi connectivity index (χ0) is 46.2. The van der Waals surface area contributed by atoms with Crippen LogP contribution in [0.3, 0.4) is 0 Å². The normalized spacial score (nSPS) is 11.0. The SMILES string of the molecule is CC(C)O.CCCCCCCC/C=C\CCCCCCCCO.[CH2-]CCCCCCC/C=C\CCCCCCCC.[CH2-]CCCCCCC/C=C\CCCCCCCC.[O]=[Ti+2]. The molecule has 0 atom stereocenters. The summed E-state index contributed by atoms with van der Waals surface area (Å²) < 4.78 is 8.25. The van der Waals surface area contributed by atoms with Gasteiger partial charge in [0.1, 0.15) is 0 Å². The Kier molecular flexibility index (Phi) is 87.9. The quantitative estimate of drug-likeness (QED) is 0.0277. The summed E-state index contributed by atoms with van der Waals surface area (Å²) >= 11 is 0.750. The van der Waals surface area contributed by atoms with Gasteiger partial charge in [-0.15, -0.1) is 0 Å². The summed E-state index contributed by atoms with van der Waals surface area (Å²) in [5.41, 5.74) is 0. The number of aliphatic hydroxyl groups is 2. The van der Waals surface area contributed by atoms with Gasteiger partial charge >= 0.3 is 23.7 Å². The molecule has 2 N–H and O–H groups in total. The third-order valence-electron chi connectivity index (χ3n) is 10.7. The predicted octanol–water partition coefficient (Wildman–Crippen LogP) is 20.0. The van der Waals surface area contributed by atoms with Gasteiger partial charge in [-0.05, 0) is 97.3 Å². The van der Waals surface area contributed by atoms with E-state index in [0.717, 1.165) is 39.7 Å². The van der Waals surface area contributed by atoms with Gasteiger partial charge in [-0.2, -0.15) is 12.8 Å². The van der Waals surface area contributed by atoms with Gasteiger partial charge < -0.3 is 24.1 Å². The topological polar surface area (TPSA) is 57.5 Å². The van der Waals surface area contributed by atoms with E-state index < -0.39 is 0 Å². The number of aliphatic hydroxyl groups excluding tert-OH is 2. The van der Waals surface area contributed by atoms with Crippen molar-refractivity contribution < 1.29 is 33.9 Å². The Morgan fingerprint density at radius 2 is 0.508 bits per heavy atom. The number of unbranched alkanes of at least 4 members (excludes halogenated alkanes) is 36.